The summed E-state index contributed by atoms with van der Waals surface area (Å²) in [5.41, 5.74) is 2.72. The number of hydrogen-bond acceptors (Lipinski definition) is 5. The van der Waals surface area contributed by atoms with Crippen molar-refractivity contribution in [1.82, 2.24) is 20.8 Å². The molecule has 1 saturated carbocycles. The Kier molecular flexibility index (Phi) is 8.62. The molecule has 0 bridgehead atoms. The zero-order valence-electron chi connectivity index (χ0n) is 15.2. The number of aliphatic carboxylic acids is 2. The molecule has 1 aromatic rings. The van der Waals surface area contributed by atoms with Crippen LogP contribution in [0.4, 0.5) is 26.3 Å². The molecular weight excluding hydrogens is 430 g/mol. The fourth-order valence-electron chi connectivity index (χ4n) is 2.06. The van der Waals surface area contributed by atoms with Crippen LogP contribution in [-0.4, -0.2) is 63.7 Å². The van der Waals surface area contributed by atoms with E-state index in [9.17, 15) is 31.1 Å². The second-order valence-electron chi connectivity index (χ2n) is 6.22. The van der Waals surface area contributed by atoms with Crippen molar-refractivity contribution in [2.75, 3.05) is 13.1 Å². The van der Waals surface area contributed by atoms with Crippen molar-refractivity contribution in [3.63, 3.8) is 0 Å². The third-order valence-corrected chi connectivity index (χ3v) is 3.75. The highest BCUT2D eigenvalue weighted by Crippen LogP contribution is 2.27. The van der Waals surface area contributed by atoms with Gasteiger partial charge in [0.1, 0.15) is 0 Å². The summed E-state index contributed by atoms with van der Waals surface area (Å²) < 4.78 is 63.5. The number of nitrogens with one attached hydrogen (secondary N) is 3. The molecule has 1 aliphatic heterocycles. The summed E-state index contributed by atoms with van der Waals surface area (Å²) >= 11 is 0. The number of nitrogens with zero attached hydrogens (tertiary/aromatic N) is 1. The SMILES string of the molecule is O=C(NCC1CC1)c1n[nH]c2c1CNCC2.O=C(O)C(F)(F)F.O=C(O)C(F)(F)F. The Morgan fingerprint density at radius 2 is 1.53 bits per heavy atom. The van der Waals surface area contributed by atoms with Crippen LogP contribution in [0.15, 0.2) is 0 Å². The lowest BCUT2D eigenvalue weighted by atomic mass is 10.1. The summed E-state index contributed by atoms with van der Waals surface area (Å²) in [7, 11) is 0. The largest absolute Gasteiger partial charge is 0.490 e. The number of aromatic amines is 1. The Hall–Kier alpha value is -2.84. The van der Waals surface area contributed by atoms with Crippen molar-refractivity contribution in [3.8, 4) is 0 Å². The van der Waals surface area contributed by atoms with E-state index in [4.69, 9.17) is 19.8 Å². The minimum absolute atomic E-state index is 0.0342. The van der Waals surface area contributed by atoms with E-state index in [1.54, 1.807) is 0 Å². The number of H-pyrrole nitrogens is 1. The summed E-state index contributed by atoms with van der Waals surface area (Å²) in [6.45, 7) is 2.50. The number of amides is 1. The molecule has 1 amide bonds. The van der Waals surface area contributed by atoms with E-state index in [1.165, 1.54) is 12.8 Å². The van der Waals surface area contributed by atoms with Gasteiger partial charge in [0.15, 0.2) is 5.69 Å². The molecule has 1 aromatic heterocycles. The van der Waals surface area contributed by atoms with E-state index in [1.807, 2.05) is 0 Å². The number of fused-ring (bicyclic) bond motifs is 1. The molecule has 0 spiro atoms. The topological polar surface area (TPSA) is 144 Å². The monoisotopic (exact) mass is 448 g/mol. The van der Waals surface area contributed by atoms with Crippen LogP contribution in [0.3, 0.4) is 0 Å². The van der Waals surface area contributed by atoms with Crippen molar-refractivity contribution in [1.29, 1.82) is 0 Å². The van der Waals surface area contributed by atoms with E-state index in [-0.39, 0.29) is 5.91 Å². The smallest absolute Gasteiger partial charge is 0.475 e. The lowest BCUT2D eigenvalue weighted by Crippen LogP contribution is -2.29. The summed E-state index contributed by atoms with van der Waals surface area (Å²) in [6, 6.07) is 0. The molecule has 2 heterocycles. The molecule has 5 N–H and O–H groups in total. The Morgan fingerprint density at radius 1 is 1.03 bits per heavy atom. The number of rotatable bonds is 3. The molecule has 1 fully saturated rings. The number of aromatic nitrogens is 2. The number of carbonyl (C=O) groups is 3. The zero-order chi connectivity index (χ0) is 23.1. The molecule has 3 rings (SSSR count). The lowest BCUT2D eigenvalue weighted by molar-refractivity contribution is -0.193. The molecule has 0 unspecified atom stereocenters. The maximum Gasteiger partial charge on any atom is 0.490 e. The van der Waals surface area contributed by atoms with Crippen LogP contribution < -0.4 is 10.6 Å². The van der Waals surface area contributed by atoms with Crippen LogP contribution >= 0.6 is 0 Å². The molecule has 1 aliphatic carbocycles. The van der Waals surface area contributed by atoms with Gasteiger partial charge in [-0.15, -0.1) is 0 Å². The van der Waals surface area contributed by atoms with Gasteiger partial charge in [0, 0.05) is 37.3 Å². The van der Waals surface area contributed by atoms with E-state index in [0.29, 0.717) is 11.6 Å². The van der Waals surface area contributed by atoms with Gasteiger partial charge in [-0.1, -0.05) is 0 Å². The average molecular weight is 448 g/mol. The van der Waals surface area contributed by atoms with Crippen molar-refractivity contribution < 1.29 is 50.9 Å². The number of alkyl halides is 6. The zero-order valence-corrected chi connectivity index (χ0v) is 15.2. The molecule has 2 aliphatic rings. The molecule has 0 saturated heterocycles. The third kappa shape index (κ3) is 8.67. The molecule has 170 valence electrons. The van der Waals surface area contributed by atoms with Crippen molar-refractivity contribution in [2.24, 2.45) is 5.92 Å². The van der Waals surface area contributed by atoms with Gasteiger partial charge in [-0.25, -0.2) is 9.59 Å². The molecule has 9 nitrogen and oxygen atoms in total. The highest BCUT2D eigenvalue weighted by atomic mass is 19.4. The van der Waals surface area contributed by atoms with Gasteiger partial charge in [0.25, 0.3) is 5.91 Å². The normalized spacial score (nSPS) is 15.5. The Morgan fingerprint density at radius 3 is 1.97 bits per heavy atom. The highest BCUT2D eigenvalue weighted by molar-refractivity contribution is 5.94. The first kappa shape index (κ1) is 25.2. The molecule has 0 atom stereocenters. The minimum Gasteiger partial charge on any atom is -0.475 e. The van der Waals surface area contributed by atoms with Gasteiger partial charge in [0.05, 0.1) is 0 Å². The summed E-state index contributed by atoms with van der Waals surface area (Å²) in [5, 5.41) is 27.5. The van der Waals surface area contributed by atoms with Crippen LogP contribution in [0.5, 0.6) is 0 Å². The van der Waals surface area contributed by atoms with E-state index in [0.717, 1.165) is 37.3 Å². The first-order chi connectivity index (χ1) is 13.7. The average Bonchev–Trinajstić information content (AvgIpc) is 3.36. The quantitative estimate of drug-likeness (QED) is 0.441. The van der Waals surface area contributed by atoms with Crippen LogP contribution in [0, 0.1) is 5.92 Å². The van der Waals surface area contributed by atoms with E-state index in [2.05, 4.69) is 20.8 Å². The van der Waals surface area contributed by atoms with Crippen LogP contribution in [0.1, 0.15) is 34.6 Å². The van der Waals surface area contributed by atoms with Crippen molar-refractivity contribution >= 4 is 17.8 Å². The third-order valence-electron chi connectivity index (χ3n) is 3.75. The van der Waals surface area contributed by atoms with Gasteiger partial charge in [-0.05, 0) is 18.8 Å². The Labute approximate surface area is 164 Å². The summed E-state index contributed by atoms with van der Waals surface area (Å²) in [6.07, 6.45) is -6.74. The van der Waals surface area contributed by atoms with E-state index >= 15 is 0 Å². The Bertz CT molecular complexity index is 734. The number of carboxylic acid groups (broad SMARTS) is 2. The second-order valence-corrected chi connectivity index (χ2v) is 6.22. The Balaban J connectivity index is 0.000000271. The van der Waals surface area contributed by atoms with Crippen molar-refractivity contribution in [3.05, 3.63) is 17.0 Å². The molecule has 15 heteroatoms. The molecular formula is C15H18F6N4O5. The first-order valence-corrected chi connectivity index (χ1v) is 8.38. The minimum atomic E-state index is -5.08. The van der Waals surface area contributed by atoms with Crippen molar-refractivity contribution in [2.45, 2.75) is 38.2 Å². The van der Waals surface area contributed by atoms with Crippen LogP contribution in [0.2, 0.25) is 0 Å². The number of halogens is 6. The number of hydrogen-bond donors (Lipinski definition) is 5. The first-order valence-electron chi connectivity index (χ1n) is 8.38. The fraction of sp³-hybridized carbons (Fsp3) is 0.600. The van der Waals surface area contributed by atoms with Gasteiger partial charge in [-0.3, -0.25) is 9.89 Å². The van der Waals surface area contributed by atoms with E-state index < -0.39 is 24.3 Å². The van der Waals surface area contributed by atoms with Gasteiger partial charge in [-0.2, -0.15) is 31.4 Å². The number of carbonyl (C=O) groups excluding carboxylic acids is 1. The fourth-order valence-corrected chi connectivity index (χ4v) is 2.06. The molecule has 30 heavy (non-hydrogen) atoms. The summed E-state index contributed by atoms with van der Waals surface area (Å²) in [4.78, 5) is 29.7. The van der Waals surface area contributed by atoms with Crippen LogP contribution in [-0.2, 0) is 22.6 Å². The van der Waals surface area contributed by atoms with Crippen LogP contribution in [0.25, 0.3) is 0 Å². The maximum atomic E-state index is 11.9. The molecule has 0 aromatic carbocycles. The summed E-state index contributed by atoms with van der Waals surface area (Å²) in [5.74, 6) is -4.84. The highest BCUT2D eigenvalue weighted by Gasteiger charge is 2.38. The maximum absolute atomic E-state index is 11.9. The lowest BCUT2D eigenvalue weighted by Gasteiger charge is -2.12. The predicted octanol–water partition coefficient (Wildman–Crippen LogP) is 1.46. The number of carboxylic acids is 2. The second kappa shape index (κ2) is 10.3. The van der Waals surface area contributed by atoms with Gasteiger partial charge in [0.2, 0.25) is 0 Å². The molecule has 0 radical (unpaired) electrons. The van der Waals surface area contributed by atoms with Gasteiger partial charge < -0.3 is 20.8 Å². The standard InChI is InChI=1S/C11H16N4O.2C2HF3O2/c16-11(13-5-7-1-2-7)10-8-6-12-4-3-9(8)14-15-10;2*3-2(4,5)1(6)7/h7,12H,1-6H2,(H,13,16)(H,14,15);2*(H,6,7). The predicted molar refractivity (Wildman–Crippen MR) is 86.4 cm³/mol. The van der Waals surface area contributed by atoms with Gasteiger partial charge >= 0.3 is 24.3 Å².